The van der Waals surface area contributed by atoms with Crippen LogP contribution in [0, 0.1) is 5.92 Å². The van der Waals surface area contributed by atoms with Gasteiger partial charge in [0.2, 0.25) is 0 Å². The van der Waals surface area contributed by atoms with E-state index in [9.17, 15) is 23.1 Å². The van der Waals surface area contributed by atoms with Gasteiger partial charge in [-0.05, 0) is 75.4 Å². The molecular formula is C25H34F3N3O4. The molecule has 0 aromatic heterocycles. The molecule has 2 unspecified atom stereocenters. The van der Waals surface area contributed by atoms with E-state index in [0.717, 1.165) is 43.1 Å². The third-order valence-corrected chi connectivity index (χ3v) is 6.36. The van der Waals surface area contributed by atoms with E-state index in [1.807, 2.05) is 13.0 Å². The van der Waals surface area contributed by atoms with Gasteiger partial charge in [0.05, 0.1) is 18.4 Å². The Hall–Kier alpha value is -2.59. The van der Waals surface area contributed by atoms with Crippen LogP contribution >= 0.6 is 0 Å². The number of carbonyl (C=O) groups excluding carboxylic acids is 1. The number of rotatable bonds is 7. The highest BCUT2D eigenvalue weighted by molar-refractivity contribution is 6.01. The predicted octanol–water partition coefficient (Wildman–Crippen LogP) is 4.79. The first-order valence-corrected chi connectivity index (χ1v) is 12.0. The number of hydrogen-bond acceptors (Lipinski definition) is 6. The Morgan fingerprint density at radius 1 is 1.29 bits per heavy atom. The van der Waals surface area contributed by atoms with Crippen molar-refractivity contribution in [3.63, 3.8) is 0 Å². The average molecular weight is 498 g/mol. The molecule has 1 aromatic rings. The number of amides is 1. The summed E-state index contributed by atoms with van der Waals surface area (Å²) < 4.78 is 46.8. The van der Waals surface area contributed by atoms with Gasteiger partial charge in [-0.1, -0.05) is 13.8 Å². The fourth-order valence-corrected chi connectivity index (χ4v) is 4.29. The Morgan fingerprint density at radius 3 is 2.57 bits per heavy atom. The van der Waals surface area contributed by atoms with Gasteiger partial charge in [0, 0.05) is 18.3 Å². The van der Waals surface area contributed by atoms with Crippen molar-refractivity contribution >= 4 is 17.3 Å². The lowest BCUT2D eigenvalue weighted by Gasteiger charge is -2.31. The van der Waals surface area contributed by atoms with Crippen molar-refractivity contribution in [2.45, 2.75) is 72.1 Å². The summed E-state index contributed by atoms with van der Waals surface area (Å²) in [5.74, 6) is 0.0233. The van der Waals surface area contributed by atoms with E-state index in [2.05, 4.69) is 26.9 Å². The summed E-state index contributed by atoms with van der Waals surface area (Å²) in [7, 11) is 0. The summed E-state index contributed by atoms with van der Waals surface area (Å²) in [6, 6.07) is 3.50. The van der Waals surface area contributed by atoms with Gasteiger partial charge >= 0.3 is 6.36 Å². The molecule has 2 N–H and O–H groups in total. The fraction of sp³-hybridized carbons (Fsp3) is 0.600. The Balaban J connectivity index is 1.71. The van der Waals surface area contributed by atoms with Gasteiger partial charge in [-0.3, -0.25) is 14.7 Å². The van der Waals surface area contributed by atoms with Crippen molar-refractivity contribution in [3.05, 3.63) is 35.1 Å². The van der Waals surface area contributed by atoms with Crippen molar-refractivity contribution in [1.29, 1.82) is 0 Å². The SMILES string of the molecule is CCc1cc(CN2CCC(C)CC2)c(NC(=O)C2CN=C(/C=C(\C)OC(F)(F)F)C(C)O2)cc1O. The minimum atomic E-state index is -4.79. The maximum atomic E-state index is 13.0. The molecule has 35 heavy (non-hydrogen) atoms. The highest BCUT2D eigenvalue weighted by Gasteiger charge is 2.32. The van der Waals surface area contributed by atoms with Crippen LogP contribution in [0.25, 0.3) is 0 Å². The molecule has 10 heteroatoms. The number of ether oxygens (including phenoxy) is 2. The van der Waals surface area contributed by atoms with Crippen LogP contribution in [0.4, 0.5) is 18.9 Å². The minimum Gasteiger partial charge on any atom is -0.508 e. The Labute approximate surface area is 204 Å². The van der Waals surface area contributed by atoms with Gasteiger partial charge in [0.15, 0.2) is 6.10 Å². The quantitative estimate of drug-likeness (QED) is 0.529. The second-order valence-corrected chi connectivity index (χ2v) is 9.27. The summed E-state index contributed by atoms with van der Waals surface area (Å²) in [6.07, 6.45) is -2.33. The summed E-state index contributed by atoms with van der Waals surface area (Å²) in [6.45, 7) is 9.56. The topological polar surface area (TPSA) is 83.4 Å². The monoisotopic (exact) mass is 497 g/mol. The average Bonchev–Trinajstić information content (AvgIpc) is 2.77. The second kappa shape index (κ2) is 11.4. The molecule has 0 spiro atoms. The highest BCUT2D eigenvalue weighted by atomic mass is 19.4. The largest absolute Gasteiger partial charge is 0.572 e. The van der Waals surface area contributed by atoms with Crippen LogP contribution in [0.15, 0.2) is 29.0 Å². The molecule has 0 bridgehead atoms. The molecule has 0 radical (unpaired) electrons. The van der Waals surface area contributed by atoms with Crippen LogP contribution in [0.3, 0.4) is 0 Å². The summed E-state index contributed by atoms with van der Waals surface area (Å²) in [5.41, 5.74) is 2.51. The first-order valence-electron chi connectivity index (χ1n) is 12.0. The number of allylic oxidation sites excluding steroid dienone is 1. The number of alkyl halides is 3. The predicted molar refractivity (Wildman–Crippen MR) is 127 cm³/mol. The van der Waals surface area contributed by atoms with E-state index in [1.54, 1.807) is 13.0 Å². The van der Waals surface area contributed by atoms with E-state index in [1.165, 1.54) is 6.92 Å². The van der Waals surface area contributed by atoms with E-state index >= 15 is 0 Å². The van der Waals surface area contributed by atoms with Crippen molar-refractivity contribution in [2.24, 2.45) is 10.9 Å². The third-order valence-electron chi connectivity index (χ3n) is 6.36. The zero-order chi connectivity index (χ0) is 25.8. The number of aliphatic imine (C=N–C) groups is 1. The molecule has 1 fully saturated rings. The maximum Gasteiger partial charge on any atom is 0.572 e. The van der Waals surface area contributed by atoms with Crippen LogP contribution in [0.1, 0.15) is 51.7 Å². The minimum absolute atomic E-state index is 0.0420. The van der Waals surface area contributed by atoms with E-state index in [-0.39, 0.29) is 23.8 Å². The molecule has 3 rings (SSSR count). The van der Waals surface area contributed by atoms with Gasteiger partial charge in [-0.2, -0.15) is 0 Å². The zero-order valence-corrected chi connectivity index (χ0v) is 20.6. The molecule has 0 saturated carbocycles. The van der Waals surface area contributed by atoms with E-state index < -0.39 is 24.5 Å². The molecular weight excluding hydrogens is 463 g/mol. The number of benzene rings is 1. The zero-order valence-electron chi connectivity index (χ0n) is 20.6. The summed E-state index contributed by atoms with van der Waals surface area (Å²) in [4.78, 5) is 19.6. The van der Waals surface area contributed by atoms with Crippen molar-refractivity contribution in [2.75, 3.05) is 25.0 Å². The second-order valence-electron chi connectivity index (χ2n) is 9.27. The number of anilines is 1. The number of halogens is 3. The molecule has 2 aliphatic rings. The van der Waals surface area contributed by atoms with Crippen LogP contribution in [-0.2, 0) is 27.2 Å². The number of nitrogens with one attached hydrogen (secondary N) is 1. The molecule has 1 aromatic carbocycles. The number of nitrogens with zero attached hydrogens (tertiary/aromatic N) is 2. The van der Waals surface area contributed by atoms with Gasteiger partial charge in [0.25, 0.3) is 5.91 Å². The molecule has 1 amide bonds. The molecule has 7 nitrogen and oxygen atoms in total. The van der Waals surface area contributed by atoms with Crippen molar-refractivity contribution in [1.82, 2.24) is 4.90 Å². The van der Waals surface area contributed by atoms with E-state index in [0.29, 0.717) is 24.6 Å². The number of phenolic OH excluding ortho intramolecular Hbond substituents is 1. The molecule has 2 heterocycles. The fourth-order valence-electron chi connectivity index (χ4n) is 4.29. The van der Waals surface area contributed by atoms with Crippen molar-refractivity contribution in [3.8, 4) is 5.75 Å². The Kier molecular flexibility index (Phi) is 8.82. The summed E-state index contributed by atoms with van der Waals surface area (Å²) in [5, 5.41) is 13.3. The number of piperidine rings is 1. The summed E-state index contributed by atoms with van der Waals surface area (Å²) >= 11 is 0. The first-order chi connectivity index (χ1) is 16.4. The molecule has 2 aliphatic heterocycles. The number of hydrogen-bond donors (Lipinski definition) is 2. The lowest BCUT2D eigenvalue weighted by molar-refractivity contribution is -0.305. The Morgan fingerprint density at radius 2 is 1.97 bits per heavy atom. The standard InChI is InChI=1S/C25H34F3N3O4/c1-5-18-11-19(14-31-8-6-15(2)7-9-31)21(12-22(18)32)30-24(33)23-13-29-20(17(4)34-23)10-16(3)35-25(26,27)28/h10-12,15,17,23,32H,5-9,13-14H2,1-4H3,(H,30,33)/b16-10+. The molecule has 1 saturated heterocycles. The normalized spacial score (nSPS) is 22.6. The molecule has 0 aliphatic carbocycles. The number of carbonyl (C=O) groups is 1. The third kappa shape index (κ3) is 7.70. The van der Waals surface area contributed by atoms with Gasteiger partial charge in [-0.15, -0.1) is 13.2 Å². The number of aryl methyl sites for hydroxylation is 1. The Bertz CT molecular complexity index is 969. The van der Waals surface area contributed by atoms with E-state index in [4.69, 9.17) is 4.74 Å². The van der Waals surface area contributed by atoms with Crippen LogP contribution in [0.2, 0.25) is 0 Å². The lowest BCUT2D eigenvalue weighted by Crippen LogP contribution is -2.41. The first kappa shape index (κ1) is 27.0. The number of phenols is 1. The lowest BCUT2D eigenvalue weighted by atomic mass is 9.98. The smallest absolute Gasteiger partial charge is 0.508 e. The molecule has 2 atom stereocenters. The number of likely N-dealkylation sites (tertiary alicyclic amines) is 1. The van der Waals surface area contributed by atoms with Crippen LogP contribution in [0.5, 0.6) is 5.75 Å². The maximum absolute atomic E-state index is 13.0. The van der Waals surface area contributed by atoms with Crippen molar-refractivity contribution < 1.29 is 32.5 Å². The van der Waals surface area contributed by atoms with Crippen LogP contribution in [-0.4, -0.2) is 59.8 Å². The highest BCUT2D eigenvalue weighted by Crippen LogP contribution is 2.30. The molecule has 194 valence electrons. The van der Waals surface area contributed by atoms with Gasteiger partial charge in [-0.25, -0.2) is 0 Å². The van der Waals surface area contributed by atoms with Gasteiger partial charge < -0.3 is 19.9 Å². The number of aromatic hydroxyl groups is 1. The van der Waals surface area contributed by atoms with Crippen LogP contribution < -0.4 is 5.32 Å². The van der Waals surface area contributed by atoms with Gasteiger partial charge in [0.1, 0.15) is 11.5 Å².